The number of amides is 2. The van der Waals surface area contributed by atoms with Gasteiger partial charge in [0.25, 0.3) is 0 Å². The Bertz CT molecular complexity index is 755. The molecule has 9 nitrogen and oxygen atoms in total. The van der Waals surface area contributed by atoms with E-state index >= 15 is 0 Å². The summed E-state index contributed by atoms with van der Waals surface area (Å²) in [7, 11) is 0. The van der Waals surface area contributed by atoms with Gasteiger partial charge in [-0.05, 0) is 50.9 Å². The van der Waals surface area contributed by atoms with Crippen molar-refractivity contribution in [2.45, 2.75) is 51.7 Å². The van der Waals surface area contributed by atoms with E-state index in [0.29, 0.717) is 50.6 Å². The van der Waals surface area contributed by atoms with E-state index in [9.17, 15) is 14.5 Å². The molecule has 0 bridgehead atoms. The van der Waals surface area contributed by atoms with Gasteiger partial charge in [-0.2, -0.15) is 0 Å². The first-order chi connectivity index (χ1) is 13.8. The Morgan fingerprint density at radius 2 is 1.90 bits per heavy atom. The van der Waals surface area contributed by atoms with Crippen LogP contribution in [0.5, 0.6) is 0 Å². The summed E-state index contributed by atoms with van der Waals surface area (Å²) in [6.07, 6.45) is 3.16. The largest absolute Gasteiger partial charge is 0.444 e. The average Bonchev–Trinajstić information content (AvgIpc) is 2.88. The van der Waals surface area contributed by atoms with Crippen LogP contribution in [0.15, 0.2) is 23.5 Å². The standard InChI is InChI=1S/C20H29N5O4/c1-20(2,3)29-19(27)24-12-8-17(26)25(14-13-24)15-6-10-23(11-7-15)18-16(22-28)5-4-9-21-18/h4-5,9,15H,6-8,10-14H2,1-3H3. The molecule has 0 aromatic carbocycles. The quantitative estimate of drug-likeness (QED) is 0.720. The fraction of sp³-hybridized carbons (Fsp3) is 0.650. The molecule has 0 N–H and O–H groups in total. The van der Waals surface area contributed by atoms with Gasteiger partial charge in [0, 0.05) is 51.4 Å². The van der Waals surface area contributed by atoms with Crippen molar-refractivity contribution in [2.75, 3.05) is 37.6 Å². The topological polar surface area (TPSA) is 95.4 Å². The van der Waals surface area contributed by atoms with E-state index in [1.165, 1.54) is 0 Å². The molecule has 158 valence electrons. The molecule has 0 spiro atoms. The van der Waals surface area contributed by atoms with Crippen molar-refractivity contribution in [1.82, 2.24) is 14.8 Å². The van der Waals surface area contributed by atoms with Crippen LogP contribution in [0.4, 0.5) is 16.3 Å². The van der Waals surface area contributed by atoms with Gasteiger partial charge in [0.1, 0.15) is 11.3 Å². The molecule has 1 aromatic rings. The Hall–Kier alpha value is -2.71. The Morgan fingerprint density at radius 1 is 1.17 bits per heavy atom. The van der Waals surface area contributed by atoms with Crippen molar-refractivity contribution in [3.05, 3.63) is 23.2 Å². The molecule has 2 amide bonds. The lowest BCUT2D eigenvalue weighted by atomic mass is 10.0. The molecular formula is C20H29N5O4. The van der Waals surface area contributed by atoms with E-state index < -0.39 is 5.60 Å². The van der Waals surface area contributed by atoms with E-state index in [1.807, 2.05) is 30.6 Å². The van der Waals surface area contributed by atoms with Crippen LogP contribution in [0.25, 0.3) is 0 Å². The molecule has 0 atom stereocenters. The fourth-order valence-electron chi connectivity index (χ4n) is 3.83. The fourth-order valence-corrected chi connectivity index (χ4v) is 3.83. The van der Waals surface area contributed by atoms with Gasteiger partial charge in [-0.15, -0.1) is 4.91 Å². The first kappa shape index (κ1) is 21.0. The highest BCUT2D eigenvalue weighted by molar-refractivity contribution is 5.78. The van der Waals surface area contributed by atoms with Crippen molar-refractivity contribution >= 4 is 23.5 Å². The molecule has 0 saturated carbocycles. The van der Waals surface area contributed by atoms with Crippen molar-refractivity contribution in [2.24, 2.45) is 5.18 Å². The minimum Gasteiger partial charge on any atom is -0.444 e. The molecular weight excluding hydrogens is 374 g/mol. The number of hydrogen-bond donors (Lipinski definition) is 0. The number of carbonyl (C=O) groups is 2. The predicted molar refractivity (Wildman–Crippen MR) is 109 cm³/mol. The van der Waals surface area contributed by atoms with Crippen LogP contribution in [0.3, 0.4) is 0 Å². The lowest BCUT2D eigenvalue weighted by Gasteiger charge is -2.38. The van der Waals surface area contributed by atoms with Crippen LogP contribution in [-0.4, -0.2) is 71.2 Å². The second-order valence-corrected chi connectivity index (χ2v) is 8.46. The number of rotatable bonds is 3. The summed E-state index contributed by atoms with van der Waals surface area (Å²) in [4.78, 5) is 45.9. The van der Waals surface area contributed by atoms with Gasteiger partial charge in [0.05, 0.1) is 0 Å². The number of aromatic nitrogens is 1. The maximum Gasteiger partial charge on any atom is 0.410 e. The predicted octanol–water partition coefficient (Wildman–Crippen LogP) is 2.92. The molecule has 3 rings (SSSR count). The molecule has 29 heavy (non-hydrogen) atoms. The first-order valence-electron chi connectivity index (χ1n) is 10.1. The molecule has 3 heterocycles. The van der Waals surface area contributed by atoms with E-state index in [4.69, 9.17) is 4.74 Å². The number of pyridine rings is 1. The van der Waals surface area contributed by atoms with Gasteiger partial charge in [-0.25, -0.2) is 9.78 Å². The number of hydrogen-bond acceptors (Lipinski definition) is 7. The molecule has 2 saturated heterocycles. The van der Waals surface area contributed by atoms with Crippen LogP contribution in [-0.2, 0) is 9.53 Å². The number of carbonyl (C=O) groups excluding carboxylic acids is 2. The Kier molecular flexibility index (Phi) is 6.34. The molecule has 0 unspecified atom stereocenters. The maximum absolute atomic E-state index is 12.7. The van der Waals surface area contributed by atoms with Gasteiger partial charge >= 0.3 is 6.09 Å². The molecule has 0 aliphatic carbocycles. The molecule has 2 fully saturated rings. The van der Waals surface area contributed by atoms with E-state index in [1.54, 1.807) is 23.2 Å². The summed E-state index contributed by atoms with van der Waals surface area (Å²) >= 11 is 0. The van der Waals surface area contributed by atoms with Crippen LogP contribution in [0.1, 0.15) is 40.0 Å². The number of ether oxygens (including phenoxy) is 1. The third kappa shape index (κ3) is 5.21. The summed E-state index contributed by atoms with van der Waals surface area (Å²) in [5, 5.41) is 3.06. The number of piperidine rings is 1. The highest BCUT2D eigenvalue weighted by atomic mass is 16.6. The number of nitroso groups, excluding NO2 is 1. The highest BCUT2D eigenvalue weighted by Crippen LogP contribution is 2.29. The Labute approximate surface area is 171 Å². The van der Waals surface area contributed by atoms with Gasteiger partial charge in [-0.1, -0.05) is 0 Å². The zero-order chi connectivity index (χ0) is 21.0. The van der Waals surface area contributed by atoms with Crippen LogP contribution < -0.4 is 4.90 Å². The Balaban J connectivity index is 1.58. The third-order valence-electron chi connectivity index (χ3n) is 5.25. The van der Waals surface area contributed by atoms with E-state index in [2.05, 4.69) is 10.2 Å². The third-order valence-corrected chi connectivity index (χ3v) is 5.25. The van der Waals surface area contributed by atoms with Gasteiger partial charge in [0.15, 0.2) is 5.82 Å². The molecule has 0 radical (unpaired) electrons. The lowest BCUT2D eigenvalue weighted by Crippen LogP contribution is -2.48. The summed E-state index contributed by atoms with van der Waals surface area (Å²) in [6, 6.07) is 3.47. The summed E-state index contributed by atoms with van der Waals surface area (Å²) < 4.78 is 5.44. The van der Waals surface area contributed by atoms with E-state index in [-0.39, 0.29) is 18.0 Å². The van der Waals surface area contributed by atoms with Crippen LogP contribution >= 0.6 is 0 Å². The summed E-state index contributed by atoms with van der Waals surface area (Å²) in [6.45, 7) is 8.26. The van der Waals surface area contributed by atoms with Gasteiger partial charge in [0.2, 0.25) is 5.91 Å². The van der Waals surface area contributed by atoms with Gasteiger partial charge < -0.3 is 19.4 Å². The zero-order valence-corrected chi connectivity index (χ0v) is 17.3. The number of anilines is 1. The van der Waals surface area contributed by atoms with Crippen molar-refractivity contribution in [1.29, 1.82) is 0 Å². The van der Waals surface area contributed by atoms with E-state index in [0.717, 1.165) is 12.8 Å². The van der Waals surface area contributed by atoms with Crippen molar-refractivity contribution in [3.63, 3.8) is 0 Å². The lowest BCUT2D eigenvalue weighted by molar-refractivity contribution is -0.133. The summed E-state index contributed by atoms with van der Waals surface area (Å²) in [5.74, 6) is 0.668. The van der Waals surface area contributed by atoms with Crippen LogP contribution in [0, 0.1) is 4.91 Å². The van der Waals surface area contributed by atoms with Crippen molar-refractivity contribution < 1.29 is 14.3 Å². The number of nitrogens with zero attached hydrogens (tertiary/aromatic N) is 5. The molecule has 9 heteroatoms. The van der Waals surface area contributed by atoms with Gasteiger partial charge in [-0.3, -0.25) is 4.79 Å². The minimum atomic E-state index is -0.555. The highest BCUT2D eigenvalue weighted by Gasteiger charge is 2.33. The summed E-state index contributed by atoms with van der Waals surface area (Å²) in [5.41, 5.74) is -0.217. The molecule has 2 aliphatic rings. The molecule has 1 aromatic heterocycles. The SMILES string of the molecule is CC(C)(C)OC(=O)N1CCC(=O)N(C2CCN(c3ncccc3N=O)CC2)CC1. The monoisotopic (exact) mass is 403 g/mol. The second-order valence-electron chi connectivity index (χ2n) is 8.46. The van der Waals surface area contributed by atoms with Crippen LogP contribution in [0.2, 0.25) is 0 Å². The molecule has 2 aliphatic heterocycles. The normalized spacial score (nSPS) is 19.1. The van der Waals surface area contributed by atoms with Crippen molar-refractivity contribution in [3.8, 4) is 0 Å². The zero-order valence-electron chi connectivity index (χ0n) is 17.3. The first-order valence-corrected chi connectivity index (χ1v) is 10.1. The Morgan fingerprint density at radius 3 is 2.55 bits per heavy atom. The smallest absolute Gasteiger partial charge is 0.410 e. The maximum atomic E-state index is 12.7. The second kappa shape index (κ2) is 8.75. The minimum absolute atomic E-state index is 0.0718. The average molecular weight is 403 g/mol.